The molecule has 6 nitrogen and oxygen atoms in total. The van der Waals surface area contributed by atoms with Crippen LogP contribution in [0.15, 0.2) is 51.7 Å². The highest BCUT2D eigenvalue weighted by Crippen LogP contribution is 2.39. The number of rotatable bonds is 2. The minimum Gasteiger partial charge on any atom is -0.419 e. The van der Waals surface area contributed by atoms with Crippen LogP contribution in [0.25, 0.3) is 11.5 Å². The van der Waals surface area contributed by atoms with E-state index < -0.39 is 0 Å². The fraction of sp³-hybridized carbons (Fsp3) is 0.286. The SMILES string of the molecule is N#Cc1nc(-c2ccc(Cl)cc2)oc1N1C[C@H]2C[C@@H](C1)c1cccc(=O)n1C2. The van der Waals surface area contributed by atoms with E-state index in [0.717, 1.165) is 24.2 Å². The highest BCUT2D eigenvalue weighted by molar-refractivity contribution is 6.30. The van der Waals surface area contributed by atoms with Gasteiger partial charge in [-0.05, 0) is 42.7 Å². The molecule has 2 atom stereocenters. The number of aromatic nitrogens is 2. The molecule has 0 unspecified atom stereocenters. The lowest BCUT2D eigenvalue weighted by atomic mass is 9.83. The first kappa shape index (κ1) is 17.1. The van der Waals surface area contributed by atoms with Crippen molar-refractivity contribution in [3.8, 4) is 17.5 Å². The third-order valence-corrected chi connectivity index (χ3v) is 5.83. The molecule has 0 radical (unpaired) electrons. The second-order valence-electron chi connectivity index (χ2n) is 7.39. The Morgan fingerprint density at radius 1 is 1.14 bits per heavy atom. The minimum atomic E-state index is 0.0584. The van der Waals surface area contributed by atoms with E-state index in [9.17, 15) is 10.1 Å². The fourth-order valence-electron chi connectivity index (χ4n) is 4.38. The summed E-state index contributed by atoms with van der Waals surface area (Å²) >= 11 is 5.96. The van der Waals surface area contributed by atoms with Gasteiger partial charge in [0, 0.05) is 47.9 Å². The molecule has 140 valence electrons. The Balaban J connectivity index is 1.50. The predicted octanol–water partition coefficient (Wildman–Crippen LogP) is 3.65. The van der Waals surface area contributed by atoms with Gasteiger partial charge in [0.05, 0.1) is 0 Å². The second-order valence-corrected chi connectivity index (χ2v) is 7.83. The van der Waals surface area contributed by atoms with Crippen molar-refractivity contribution >= 4 is 17.5 Å². The van der Waals surface area contributed by atoms with Gasteiger partial charge in [0.25, 0.3) is 5.56 Å². The van der Waals surface area contributed by atoms with Gasteiger partial charge in [-0.25, -0.2) is 0 Å². The number of pyridine rings is 1. The normalized spacial score (nSPS) is 20.5. The predicted molar refractivity (Wildman–Crippen MR) is 105 cm³/mol. The number of oxazole rings is 1. The summed E-state index contributed by atoms with van der Waals surface area (Å²) in [7, 11) is 0. The quantitative estimate of drug-likeness (QED) is 0.665. The summed E-state index contributed by atoms with van der Waals surface area (Å²) in [6.45, 7) is 2.13. The van der Waals surface area contributed by atoms with Crippen LogP contribution >= 0.6 is 11.6 Å². The fourth-order valence-corrected chi connectivity index (χ4v) is 4.50. The van der Waals surface area contributed by atoms with Gasteiger partial charge >= 0.3 is 0 Å². The molecule has 1 fully saturated rings. The van der Waals surface area contributed by atoms with Crippen LogP contribution in [0, 0.1) is 17.2 Å². The Labute approximate surface area is 166 Å². The number of piperidine rings is 1. The largest absolute Gasteiger partial charge is 0.419 e. The smallest absolute Gasteiger partial charge is 0.250 e. The molecule has 2 bridgehead atoms. The number of nitriles is 1. The lowest BCUT2D eigenvalue weighted by Crippen LogP contribution is -2.47. The molecule has 4 heterocycles. The Morgan fingerprint density at radius 2 is 1.96 bits per heavy atom. The summed E-state index contributed by atoms with van der Waals surface area (Å²) in [6.07, 6.45) is 1.04. The van der Waals surface area contributed by atoms with Gasteiger partial charge in [-0.1, -0.05) is 17.7 Å². The molecule has 0 saturated carbocycles. The molecule has 0 aliphatic carbocycles. The molecule has 5 rings (SSSR count). The summed E-state index contributed by atoms with van der Waals surface area (Å²) in [6, 6.07) is 14.8. The molecule has 0 amide bonds. The second kappa shape index (κ2) is 6.54. The number of fused-ring (bicyclic) bond motifs is 4. The van der Waals surface area contributed by atoms with Crippen LogP contribution < -0.4 is 10.5 Å². The molecule has 28 heavy (non-hydrogen) atoms. The van der Waals surface area contributed by atoms with Crippen LogP contribution in [-0.4, -0.2) is 22.6 Å². The Hall–Kier alpha value is -3.04. The first-order chi connectivity index (χ1) is 13.6. The first-order valence-corrected chi connectivity index (χ1v) is 9.61. The van der Waals surface area contributed by atoms with E-state index in [1.54, 1.807) is 18.2 Å². The van der Waals surface area contributed by atoms with Gasteiger partial charge in [-0.3, -0.25) is 4.79 Å². The average Bonchev–Trinajstić information content (AvgIpc) is 3.14. The van der Waals surface area contributed by atoms with Crippen LogP contribution in [-0.2, 0) is 6.54 Å². The van der Waals surface area contributed by atoms with Gasteiger partial charge in [0.1, 0.15) is 6.07 Å². The third-order valence-electron chi connectivity index (χ3n) is 5.57. The highest BCUT2D eigenvalue weighted by Gasteiger charge is 2.36. The van der Waals surface area contributed by atoms with Crippen molar-refractivity contribution < 1.29 is 4.42 Å². The standard InChI is InChI=1S/C21H17ClN4O2/c22-16-6-4-14(5-7-16)20-24-17(9-23)21(28-20)25-10-13-8-15(12-25)18-2-1-3-19(27)26(18)11-13/h1-7,13,15H,8,10-12H2/t13-,15+/m1/s1. The van der Waals surface area contributed by atoms with Crippen molar-refractivity contribution in [2.45, 2.75) is 18.9 Å². The Kier molecular flexibility index (Phi) is 3.99. The van der Waals surface area contributed by atoms with Crippen molar-refractivity contribution in [2.75, 3.05) is 18.0 Å². The Bertz CT molecular complexity index is 1140. The maximum atomic E-state index is 12.2. The number of benzene rings is 1. The molecular formula is C21H17ClN4O2. The van der Waals surface area contributed by atoms with Crippen LogP contribution in [0.4, 0.5) is 5.88 Å². The molecule has 2 aliphatic rings. The van der Waals surface area contributed by atoms with Gasteiger partial charge < -0.3 is 13.9 Å². The van der Waals surface area contributed by atoms with E-state index >= 15 is 0 Å². The molecular weight excluding hydrogens is 376 g/mol. The summed E-state index contributed by atoms with van der Waals surface area (Å²) in [5, 5.41) is 10.2. The van der Waals surface area contributed by atoms with E-state index in [-0.39, 0.29) is 17.2 Å². The van der Waals surface area contributed by atoms with Crippen LogP contribution in [0.2, 0.25) is 5.02 Å². The third kappa shape index (κ3) is 2.79. The summed E-state index contributed by atoms with van der Waals surface area (Å²) in [5.41, 5.74) is 2.18. The number of halogens is 1. The number of hydrogen-bond donors (Lipinski definition) is 0. The van der Waals surface area contributed by atoms with Crippen LogP contribution in [0.5, 0.6) is 0 Å². The maximum Gasteiger partial charge on any atom is 0.250 e. The monoisotopic (exact) mass is 392 g/mol. The summed E-state index contributed by atoms with van der Waals surface area (Å²) < 4.78 is 7.92. The lowest BCUT2D eigenvalue weighted by molar-refractivity contribution is 0.275. The molecule has 0 spiro atoms. The first-order valence-electron chi connectivity index (χ1n) is 9.24. The highest BCUT2D eigenvalue weighted by atomic mass is 35.5. The molecule has 2 aliphatic heterocycles. The lowest BCUT2D eigenvalue weighted by Gasteiger charge is -2.42. The Morgan fingerprint density at radius 3 is 2.75 bits per heavy atom. The average molecular weight is 393 g/mol. The molecule has 2 aromatic heterocycles. The van der Waals surface area contributed by atoms with Crippen molar-refractivity contribution in [3.63, 3.8) is 0 Å². The topological polar surface area (TPSA) is 75.1 Å². The number of hydrogen-bond acceptors (Lipinski definition) is 5. The zero-order valence-corrected chi connectivity index (χ0v) is 15.8. The van der Waals surface area contributed by atoms with Crippen molar-refractivity contribution in [3.05, 3.63) is 69.2 Å². The van der Waals surface area contributed by atoms with Crippen molar-refractivity contribution in [1.29, 1.82) is 5.26 Å². The molecule has 1 saturated heterocycles. The molecule has 7 heteroatoms. The zero-order valence-electron chi connectivity index (χ0n) is 15.0. The van der Waals surface area contributed by atoms with Crippen LogP contribution in [0.3, 0.4) is 0 Å². The van der Waals surface area contributed by atoms with Crippen molar-refractivity contribution in [1.82, 2.24) is 9.55 Å². The van der Waals surface area contributed by atoms with Gasteiger partial charge in [0.2, 0.25) is 17.5 Å². The van der Waals surface area contributed by atoms with E-state index in [1.807, 2.05) is 28.8 Å². The maximum absolute atomic E-state index is 12.2. The molecule has 1 aromatic carbocycles. The summed E-state index contributed by atoms with van der Waals surface area (Å²) in [5.74, 6) is 1.49. The van der Waals surface area contributed by atoms with Crippen molar-refractivity contribution in [2.24, 2.45) is 5.92 Å². The van der Waals surface area contributed by atoms with Gasteiger partial charge in [-0.2, -0.15) is 10.2 Å². The minimum absolute atomic E-state index is 0.0584. The number of nitrogens with zero attached hydrogens (tertiary/aromatic N) is 4. The molecule has 0 N–H and O–H groups in total. The number of anilines is 1. The van der Waals surface area contributed by atoms with E-state index in [1.165, 1.54) is 0 Å². The zero-order chi connectivity index (χ0) is 19.3. The van der Waals surface area contributed by atoms with E-state index in [4.69, 9.17) is 16.0 Å². The van der Waals surface area contributed by atoms with E-state index in [0.29, 0.717) is 35.8 Å². The van der Waals surface area contributed by atoms with Gasteiger partial charge in [0.15, 0.2) is 0 Å². The summed E-state index contributed by atoms with van der Waals surface area (Å²) in [4.78, 5) is 18.7. The molecule has 3 aromatic rings. The van der Waals surface area contributed by atoms with E-state index in [2.05, 4.69) is 16.0 Å². The van der Waals surface area contributed by atoms with Gasteiger partial charge in [-0.15, -0.1) is 0 Å². The van der Waals surface area contributed by atoms with Crippen LogP contribution in [0.1, 0.15) is 23.7 Å².